The molecule has 4 heteroatoms. The van der Waals surface area contributed by atoms with Gasteiger partial charge in [0.15, 0.2) is 0 Å². The Labute approximate surface area is 142 Å². The Bertz CT molecular complexity index is 673. The molecule has 1 unspecified atom stereocenters. The number of nitrogens with zero attached hydrogens (tertiary/aromatic N) is 2. The second kappa shape index (κ2) is 7.26. The highest BCUT2D eigenvalue weighted by Gasteiger charge is 2.22. The van der Waals surface area contributed by atoms with Gasteiger partial charge in [0.1, 0.15) is 12.3 Å². The van der Waals surface area contributed by atoms with Gasteiger partial charge in [-0.25, -0.2) is 4.99 Å². The molecule has 0 aliphatic carbocycles. The molecule has 23 heavy (non-hydrogen) atoms. The summed E-state index contributed by atoms with van der Waals surface area (Å²) in [5.41, 5.74) is 2.36. The molecular formula is C19H24N2OS. The van der Waals surface area contributed by atoms with Crippen molar-refractivity contribution in [1.82, 2.24) is 4.57 Å². The Balaban J connectivity index is 1.74. The fourth-order valence-electron chi connectivity index (χ4n) is 2.89. The van der Waals surface area contributed by atoms with Crippen molar-refractivity contribution in [3.63, 3.8) is 0 Å². The van der Waals surface area contributed by atoms with Crippen molar-refractivity contribution < 1.29 is 4.74 Å². The van der Waals surface area contributed by atoms with Gasteiger partial charge < -0.3 is 9.30 Å². The first kappa shape index (κ1) is 16.2. The van der Waals surface area contributed by atoms with Gasteiger partial charge in [-0.05, 0) is 48.4 Å². The minimum atomic E-state index is 0.300. The van der Waals surface area contributed by atoms with E-state index in [-0.39, 0.29) is 0 Å². The van der Waals surface area contributed by atoms with Gasteiger partial charge in [-0.15, -0.1) is 11.8 Å². The lowest BCUT2D eigenvalue weighted by molar-refractivity contribution is 0.300. The topological polar surface area (TPSA) is 26.5 Å². The number of thioether (sulfide) groups is 1. The summed E-state index contributed by atoms with van der Waals surface area (Å²) in [6, 6.07) is 13.2. The lowest BCUT2D eigenvalue weighted by Crippen LogP contribution is -2.11. The van der Waals surface area contributed by atoms with Gasteiger partial charge in [0.2, 0.25) is 5.90 Å². The van der Waals surface area contributed by atoms with E-state index in [0.29, 0.717) is 18.6 Å². The molecule has 1 aromatic carbocycles. The van der Waals surface area contributed by atoms with Gasteiger partial charge in [0.25, 0.3) is 0 Å². The maximum Gasteiger partial charge on any atom is 0.233 e. The fraction of sp³-hybridized carbons (Fsp3) is 0.421. The van der Waals surface area contributed by atoms with Crippen LogP contribution < -0.4 is 0 Å². The number of aromatic nitrogens is 1. The van der Waals surface area contributed by atoms with Crippen LogP contribution in [-0.4, -0.2) is 29.4 Å². The average molecular weight is 328 g/mol. The number of rotatable bonds is 6. The highest BCUT2D eigenvalue weighted by atomic mass is 32.2. The summed E-state index contributed by atoms with van der Waals surface area (Å²) in [6.07, 6.45) is 5.28. The van der Waals surface area contributed by atoms with E-state index in [1.165, 1.54) is 10.5 Å². The summed E-state index contributed by atoms with van der Waals surface area (Å²) in [7, 11) is 0. The maximum atomic E-state index is 5.85. The monoisotopic (exact) mass is 328 g/mol. The van der Waals surface area contributed by atoms with Gasteiger partial charge in [0, 0.05) is 17.6 Å². The van der Waals surface area contributed by atoms with Crippen molar-refractivity contribution in [1.29, 1.82) is 0 Å². The van der Waals surface area contributed by atoms with Crippen LogP contribution in [0.25, 0.3) is 0 Å². The SMILES string of the molecule is CSc1ccc(Cn2cccc2C2=NC(CC(C)C)CO2)cc1. The van der Waals surface area contributed by atoms with Crippen LogP contribution in [0.3, 0.4) is 0 Å². The lowest BCUT2D eigenvalue weighted by atomic mass is 10.1. The van der Waals surface area contributed by atoms with Gasteiger partial charge in [-0.1, -0.05) is 26.0 Å². The Morgan fingerprint density at radius 3 is 2.74 bits per heavy atom. The second-order valence-corrected chi connectivity index (χ2v) is 7.28. The second-order valence-electron chi connectivity index (χ2n) is 6.40. The molecule has 0 radical (unpaired) electrons. The first-order valence-corrected chi connectivity index (χ1v) is 9.37. The molecule has 1 aliphatic heterocycles. The average Bonchev–Trinajstić information content (AvgIpc) is 3.16. The predicted octanol–water partition coefficient (Wildman–Crippen LogP) is 4.45. The van der Waals surface area contributed by atoms with E-state index in [1.54, 1.807) is 11.8 Å². The van der Waals surface area contributed by atoms with Crippen molar-refractivity contribution in [3.05, 3.63) is 53.9 Å². The third kappa shape index (κ3) is 3.99. The Hall–Kier alpha value is -1.68. The van der Waals surface area contributed by atoms with E-state index >= 15 is 0 Å². The Morgan fingerprint density at radius 2 is 2.04 bits per heavy atom. The van der Waals surface area contributed by atoms with Crippen LogP contribution in [0.15, 0.2) is 52.5 Å². The van der Waals surface area contributed by atoms with Gasteiger partial charge in [-0.3, -0.25) is 0 Å². The number of ether oxygens (including phenoxy) is 1. The zero-order chi connectivity index (χ0) is 16.2. The van der Waals surface area contributed by atoms with Crippen LogP contribution in [0.4, 0.5) is 0 Å². The molecule has 2 heterocycles. The third-order valence-electron chi connectivity index (χ3n) is 4.02. The largest absolute Gasteiger partial charge is 0.474 e. The van der Waals surface area contributed by atoms with Crippen LogP contribution in [0.5, 0.6) is 0 Å². The highest BCUT2D eigenvalue weighted by molar-refractivity contribution is 7.98. The number of hydrogen-bond donors (Lipinski definition) is 0. The van der Waals surface area contributed by atoms with Gasteiger partial charge in [0.05, 0.1) is 6.04 Å². The molecule has 0 spiro atoms. The van der Waals surface area contributed by atoms with Crippen molar-refractivity contribution in [3.8, 4) is 0 Å². The Morgan fingerprint density at radius 1 is 1.26 bits per heavy atom. The summed E-state index contributed by atoms with van der Waals surface area (Å²) in [5, 5.41) is 0. The fourth-order valence-corrected chi connectivity index (χ4v) is 3.30. The summed E-state index contributed by atoms with van der Waals surface area (Å²) < 4.78 is 8.06. The molecule has 3 nitrogen and oxygen atoms in total. The third-order valence-corrected chi connectivity index (χ3v) is 4.76. The van der Waals surface area contributed by atoms with Crippen molar-refractivity contribution in [2.75, 3.05) is 12.9 Å². The zero-order valence-corrected chi connectivity index (χ0v) is 14.8. The Kier molecular flexibility index (Phi) is 5.11. The normalized spacial score (nSPS) is 17.4. The molecular weight excluding hydrogens is 304 g/mol. The molecule has 1 atom stereocenters. The standard InChI is InChI=1S/C19H24N2OS/c1-14(2)11-16-13-22-19(20-16)18-5-4-10-21(18)12-15-6-8-17(23-3)9-7-15/h4-10,14,16H,11-13H2,1-3H3. The van der Waals surface area contributed by atoms with Crippen LogP contribution in [-0.2, 0) is 11.3 Å². The van der Waals surface area contributed by atoms with Crippen molar-refractivity contribution in [2.45, 2.75) is 37.8 Å². The van der Waals surface area contributed by atoms with Crippen LogP contribution in [0.1, 0.15) is 31.5 Å². The molecule has 122 valence electrons. The summed E-state index contributed by atoms with van der Waals surface area (Å²) >= 11 is 1.77. The molecule has 0 amide bonds. The van der Waals surface area contributed by atoms with E-state index in [9.17, 15) is 0 Å². The highest BCUT2D eigenvalue weighted by Crippen LogP contribution is 2.20. The van der Waals surface area contributed by atoms with E-state index < -0.39 is 0 Å². The number of benzene rings is 1. The van der Waals surface area contributed by atoms with E-state index in [0.717, 1.165) is 24.6 Å². The van der Waals surface area contributed by atoms with Crippen LogP contribution >= 0.6 is 11.8 Å². The first-order chi connectivity index (χ1) is 11.2. The van der Waals surface area contributed by atoms with Crippen molar-refractivity contribution >= 4 is 17.7 Å². The lowest BCUT2D eigenvalue weighted by Gasteiger charge is -2.09. The minimum Gasteiger partial charge on any atom is -0.474 e. The summed E-state index contributed by atoms with van der Waals surface area (Å²) in [5.74, 6) is 1.44. The molecule has 1 aromatic heterocycles. The molecule has 0 N–H and O–H groups in total. The molecule has 0 saturated heterocycles. The van der Waals surface area contributed by atoms with E-state index in [1.807, 2.05) is 0 Å². The molecule has 2 aromatic rings. The molecule has 0 bridgehead atoms. The smallest absolute Gasteiger partial charge is 0.233 e. The number of aliphatic imine (C=N–C) groups is 1. The summed E-state index contributed by atoms with van der Waals surface area (Å²) in [6.45, 7) is 6.01. The molecule has 0 saturated carbocycles. The maximum absolute atomic E-state index is 5.85. The van der Waals surface area contributed by atoms with Crippen molar-refractivity contribution in [2.24, 2.45) is 10.9 Å². The van der Waals surface area contributed by atoms with Crippen LogP contribution in [0.2, 0.25) is 0 Å². The summed E-state index contributed by atoms with van der Waals surface area (Å²) in [4.78, 5) is 6.06. The zero-order valence-electron chi connectivity index (χ0n) is 14.0. The van der Waals surface area contributed by atoms with E-state index in [2.05, 4.69) is 67.3 Å². The minimum absolute atomic E-state index is 0.300. The van der Waals surface area contributed by atoms with E-state index in [4.69, 9.17) is 9.73 Å². The predicted molar refractivity (Wildman–Crippen MR) is 97.5 cm³/mol. The van der Waals surface area contributed by atoms with Gasteiger partial charge >= 0.3 is 0 Å². The molecule has 1 aliphatic rings. The first-order valence-electron chi connectivity index (χ1n) is 8.14. The number of hydrogen-bond acceptors (Lipinski definition) is 3. The molecule has 3 rings (SSSR count). The van der Waals surface area contributed by atoms with Gasteiger partial charge in [-0.2, -0.15) is 0 Å². The quantitative estimate of drug-likeness (QED) is 0.732. The molecule has 0 fully saturated rings. The van der Waals surface area contributed by atoms with Crippen LogP contribution in [0, 0.1) is 5.92 Å².